The predicted molar refractivity (Wildman–Crippen MR) is 101 cm³/mol. The smallest absolute Gasteiger partial charge is 0.242 e. The SMILES string of the molecule is N#Cc1cccnc1N1CCC(CNS(=O)(=O)c2ccccc2Cl)CC1. The molecule has 0 radical (unpaired) electrons. The summed E-state index contributed by atoms with van der Waals surface area (Å²) < 4.78 is 27.5. The molecule has 0 unspecified atom stereocenters. The van der Waals surface area contributed by atoms with Crippen LogP contribution in [-0.2, 0) is 10.0 Å². The molecule has 0 aliphatic carbocycles. The number of aromatic nitrogens is 1. The summed E-state index contributed by atoms with van der Waals surface area (Å²) in [5, 5.41) is 9.42. The van der Waals surface area contributed by atoms with Crippen LogP contribution < -0.4 is 9.62 Å². The van der Waals surface area contributed by atoms with Gasteiger partial charge in [0.05, 0.1) is 10.6 Å². The molecule has 1 aromatic heterocycles. The number of benzene rings is 1. The van der Waals surface area contributed by atoms with E-state index in [0.29, 0.717) is 17.9 Å². The summed E-state index contributed by atoms with van der Waals surface area (Å²) in [6.45, 7) is 1.85. The topological polar surface area (TPSA) is 86.1 Å². The first-order chi connectivity index (χ1) is 12.5. The van der Waals surface area contributed by atoms with Crippen molar-refractivity contribution in [1.29, 1.82) is 5.26 Å². The Morgan fingerprint density at radius 3 is 2.65 bits per heavy atom. The summed E-state index contributed by atoms with van der Waals surface area (Å²) in [5.41, 5.74) is 0.561. The highest BCUT2D eigenvalue weighted by molar-refractivity contribution is 7.89. The molecular weight excluding hydrogens is 372 g/mol. The lowest BCUT2D eigenvalue weighted by Crippen LogP contribution is -2.39. The monoisotopic (exact) mass is 390 g/mol. The Morgan fingerprint density at radius 2 is 1.96 bits per heavy atom. The van der Waals surface area contributed by atoms with E-state index in [4.69, 9.17) is 11.6 Å². The van der Waals surface area contributed by atoms with Gasteiger partial charge in [-0.15, -0.1) is 0 Å². The number of hydrogen-bond acceptors (Lipinski definition) is 5. The molecule has 2 aromatic rings. The van der Waals surface area contributed by atoms with E-state index in [1.807, 2.05) is 0 Å². The van der Waals surface area contributed by atoms with Gasteiger partial charge < -0.3 is 4.90 Å². The maximum atomic E-state index is 12.4. The molecule has 26 heavy (non-hydrogen) atoms. The second kappa shape index (κ2) is 8.04. The Hall–Kier alpha value is -2.14. The molecule has 0 bridgehead atoms. The molecule has 2 heterocycles. The van der Waals surface area contributed by atoms with Gasteiger partial charge >= 0.3 is 0 Å². The van der Waals surface area contributed by atoms with Gasteiger partial charge in [0, 0.05) is 25.8 Å². The van der Waals surface area contributed by atoms with Gasteiger partial charge in [0.1, 0.15) is 16.8 Å². The summed E-state index contributed by atoms with van der Waals surface area (Å²) >= 11 is 5.99. The average molecular weight is 391 g/mol. The first-order valence-corrected chi connectivity index (χ1v) is 10.2. The lowest BCUT2D eigenvalue weighted by Gasteiger charge is -2.33. The second-order valence-corrected chi connectivity index (χ2v) is 8.34. The van der Waals surface area contributed by atoms with E-state index in [2.05, 4.69) is 20.7 Å². The molecule has 1 fully saturated rings. The fraction of sp³-hybridized carbons (Fsp3) is 0.333. The van der Waals surface area contributed by atoms with Crippen molar-refractivity contribution in [2.24, 2.45) is 5.92 Å². The minimum absolute atomic E-state index is 0.103. The summed E-state index contributed by atoms with van der Waals surface area (Å²) in [7, 11) is -3.62. The second-order valence-electron chi connectivity index (χ2n) is 6.20. The Bertz CT molecular complexity index is 919. The number of anilines is 1. The fourth-order valence-corrected chi connectivity index (χ4v) is 4.69. The van der Waals surface area contributed by atoms with Crippen molar-refractivity contribution in [3.05, 3.63) is 53.2 Å². The van der Waals surface area contributed by atoms with Crippen LogP contribution in [0.3, 0.4) is 0 Å². The van der Waals surface area contributed by atoms with E-state index < -0.39 is 10.0 Å². The summed E-state index contributed by atoms with van der Waals surface area (Å²) in [5.74, 6) is 0.933. The zero-order valence-electron chi connectivity index (χ0n) is 14.1. The van der Waals surface area contributed by atoms with Crippen molar-refractivity contribution in [3.8, 4) is 6.07 Å². The molecule has 8 heteroatoms. The number of nitrogens with one attached hydrogen (secondary N) is 1. The molecule has 0 spiro atoms. The minimum Gasteiger partial charge on any atom is -0.356 e. The van der Waals surface area contributed by atoms with Crippen molar-refractivity contribution < 1.29 is 8.42 Å². The van der Waals surface area contributed by atoms with Crippen molar-refractivity contribution in [3.63, 3.8) is 0 Å². The molecule has 1 aliphatic heterocycles. The minimum atomic E-state index is -3.62. The quantitative estimate of drug-likeness (QED) is 0.848. The zero-order chi connectivity index (χ0) is 18.6. The molecule has 1 N–H and O–H groups in total. The van der Waals surface area contributed by atoms with Crippen LogP contribution >= 0.6 is 11.6 Å². The maximum Gasteiger partial charge on any atom is 0.242 e. The van der Waals surface area contributed by atoms with E-state index in [1.165, 1.54) is 6.07 Å². The van der Waals surface area contributed by atoms with Crippen LogP contribution in [0.25, 0.3) is 0 Å². The largest absolute Gasteiger partial charge is 0.356 e. The number of halogens is 1. The van der Waals surface area contributed by atoms with Gasteiger partial charge in [-0.2, -0.15) is 5.26 Å². The Labute approximate surface area is 158 Å². The van der Waals surface area contributed by atoms with Crippen LogP contribution in [0.5, 0.6) is 0 Å². The molecule has 3 rings (SSSR count). The lowest BCUT2D eigenvalue weighted by atomic mass is 9.97. The van der Waals surface area contributed by atoms with Gasteiger partial charge in [-0.25, -0.2) is 18.1 Å². The molecule has 1 saturated heterocycles. The number of nitriles is 1. The van der Waals surface area contributed by atoms with Gasteiger partial charge in [-0.3, -0.25) is 0 Å². The van der Waals surface area contributed by atoms with Gasteiger partial charge in [-0.1, -0.05) is 23.7 Å². The van der Waals surface area contributed by atoms with Crippen molar-refractivity contribution in [2.45, 2.75) is 17.7 Å². The van der Waals surface area contributed by atoms with Crippen LogP contribution in [0.4, 0.5) is 5.82 Å². The lowest BCUT2D eigenvalue weighted by molar-refractivity contribution is 0.400. The van der Waals surface area contributed by atoms with E-state index in [9.17, 15) is 13.7 Å². The third-order valence-electron chi connectivity index (χ3n) is 4.51. The van der Waals surface area contributed by atoms with E-state index in [0.717, 1.165) is 25.9 Å². The van der Waals surface area contributed by atoms with Crippen molar-refractivity contribution in [2.75, 3.05) is 24.5 Å². The molecule has 0 saturated carbocycles. The average Bonchev–Trinajstić information content (AvgIpc) is 2.67. The summed E-state index contributed by atoms with van der Waals surface area (Å²) in [6, 6.07) is 12.1. The molecule has 136 valence electrons. The van der Waals surface area contributed by atoms with E-state index in [1.54, 1.807) is 36.5 Å². The molecular formula is C18H19ClN4O2S. The molecule has 0 amide bonds. The molecule has 1 aromatic carbocycles. The Kier molecular flexibility index (Phi) is 5.77. The number of piperidine rings is 1. The van der Waals surface area contributed by atoms with Crippen LogP contribution in [0.15, 0.2) is 47.5 Å². The third kappa shape index (κ3) is 4.15. The van der Waals surface area contributed by atoms with Gasteiger partial charge in [-0.05, 0) is 43.0 Å². The van der Waals surface area contributed by atoms with E-state index in [-0.39, 0.29) is 15.8 Å². The number of pyridine rings is 1. The number of rotatable bonds is 5. The highest BCUT2D eigenvalue weighted by Gasteiger charge is 2.24. The van der Waals surface area contributed by atoms with Crippen molar-refractivity contribution in [1.82, 2.24) is 9.71 Å². The number of sulfonamides is 1. The molecule has 6 nitrogen and oxygen atoms in total. The fourth-order valence-electron chi connectivity index (χ4n) is 3.05. The van der Waals surface area contributed by atoms with Crippen molar-refractivity contribution >= 4 is 27.4 Å². The molecule has 0 atom stereocenters. The Balaban J connectivity index is 1.58. The predicted octanol–water partition coefficient (Wildman–Crippen LogP) is 2.80. The van der Waals surface area contributed by atoms with Crippen LogP contribution in [0.2, 0.25) is 5.02 Å². The van der Waals surface area contributed by atoms with Crippen LogP contribution in [0.1, 0.15) is 18.4 Å². The van der Waals surface area contributed by atoms with Gasteiger partial charge in [0.15, 0.2) is 0 Å². The first kappa shape index (κ1) is 18.6. The van der Waals surface area contributed by atoms with Gasteiger partial charge in [0.2, 0.25) is 10.0 Å². The summed E-state index contributed by atoms with van der Waals surface area (Å²) in [6.07, 6.45) is 3.33. The number of nitrogens with zero attached hydrogens (tertiary/aromatic N) is 3. The maximum absolute atomic E-state index is 12.4. The van der Waals surface area contributed by atoms with Crippen LogP contribution in [-0.4, -0.2) is 33.0 Å². The first-order valence-electron chi connectivity index (χ1n) is 8.35. The third-order valence-corrected chi connectivity index (χ3v) is 6.43. The highest BCUT2D eigenvalue weighted by Crippen LogP contribution is 2.25. The summed E-state index contributed by atoms with van der Waals surface area (Å²) in [4.78, 5) is 6.49. The van der Waals surface area contributed by atoms with Gasteiger partial charge in [0.25, 0.3) is 0 Å². The standard InChI is InChI=1S/C18H19ClN4O2S/c19-16-5-1-2-6-17(16)26(24,25)22-13-14-7-10-23(11-8-14)18-15(12-20)4-3-9-21-18/h1-6,9,14,22H,7-8,10-11,13H2. The van der Waals surface area contributed by atoms with E-state index >= 15 is 0 Å². The number of hydrogen-bond donors (Lipinski definition) is 1. The normalized spacial score (nSPS) is 15.6. The zero-order valence-corrected chi connectivity index (χ0v) is 15.7. The highest BCUT2D eigenvalue weighted by atomic mass is 35.5. The Morgan fingerprint density at radius 1 is 1.23 bits per heavy atom. The molecule has 1 aliphatic rings. The van der Waals surface area contributed by atoms with Crippen LogP contribution in [0, 0.1) is 17.2 Å².